The Morgan fingerprint density at radius 1 is 1.04 bits per heavy atom. The second-order valence-corrected chi connectivity index (χ2v) is 6.68. The van der Waals surface area contributed by atoms with Crippen LogP contribution in [0.25, 0.3) is 0 Å². The van der Waals surface area contributed by atoms with E-state index in [0.717, 1.165) is 13.1 Å². The minimum Gasteiger partial charge on any atom is -0.336 e. The average molecular weight is 343 g/mol. The Balaban J connectivity index is 1.42. The third-order valence-electron chi connectivity index (χ3n) is 4.92. The maximum atomic E-state index is 12.4. The van der Waals surface area contributed by atoms with Crippen LogP contribution in [0.3, 0.4) is 0 Å². The molecule has 2 saturated heterocycles. The molecule has 4 rings (SSSR count). The number of carbonyl (C=O) groups is 4. The Bertz CT molecular complexity index is 751. The van der Waals surface area contributed by atoms with Gasteiger partial charge in [-0.3, -0.25) is 14.4 Å². The zero-order chi connectivity index (χ0) is 17.7. The van der Waals surface area contributed by atoms with Gasteiger partial charge in [-0.1, -0.05) is 17.2 Å². The lowest BCUT2D eigenvalue weighted by atomic mass is 10.1. The number of imide groups is 1. The molecule has 2 fully saturated rings. The minimum atomic E-state index is -0.724. The largest absolute Gasteiger partial charge is 0.338 e. The number of carbonyl (C=O) groups excluding carboxylic acids is 4. The maximum absolute atomic E-state index is 12.4. The van der Waals surface area contributed by atoms with E-state index in [9.17, 15) is 19.2 Å². The van der Waals surface area contributed by atoms with Gasteiger partial charge in [0, 0.05) is 26.1 Å². The van der Waals surface area contributed by atoms with Crippen LogP contribution in [0.4, 0.5) is 0 Å². The molecule has 0 radical (unpaired) electrons. The molecular weight excluding hydrogens is 326 g/mol. The molecule has 8 heteroatoms. The molecule has 0 saturated carbocycles. The van der Waals surface area contributed by atoms with E-state index in [0.29, 0.717) is 5.06 Å². The highest BCUT2D eigenvalue weighted by Crippen LogP contribution is 2.27. The molecule has 25 heavy (non-hydrogen) atoms. The number of fused-ring (bicyclic) bond motifs is 1. The lowest BCUT2D eigenvalue weighted by Crippen LogP contribution is -2.58. The fraction of sp³-hybridized carbons (Fsp3) is 0.412. The number of rotatable bonds is 3. The molecule has 1 unspecified atom stereocenters. The van der Waals surface area contributed by atoms with Crippen LogP contribution in [0, 0.1) is 5.92 Å². The fourth-order valence-electron chi connectivity index (χ4n) is 3.52. The molecule has 0 aromatic heterocycles. The summed E-state index contributed by atoms with van der Waals surface area (Å²) in [5.41, 5.74) is 0.420. The molecule has 3 aliphatic heterocycles. The maximum Gasteiger partial charge on any atom is 0.338 e. The Kier molecular flexibility index (Phi) is 3.57. The summed E-state index contributed by atoms with van der Waals surface area (Å²) in [4.78, 5) is 57.8. The van der Waals surface area contributed by atoms with Crippen molar-refractivity contribution in [2.45, 2.75) is 12.5 Å². The Morgan fingerprint density at radius 3 is 2.20 bits per heavy atom. The Hall–Kier alpha value is -2.74. The molecule has 3 heterocycles. The van der Waals surface area contributed by atoms with Crippen LogP contribution in [-0.4, -0.2) is 71.3 Å². The van der Waals surface area contributed by atoms with Gasteiger partial charge < -0.3 is 14.6 Å². The first-order chi connectivity index (χ1) is 12.0. The van der Waals surface area contributed by atoms with Crippen LogP contribution in [0.2, 0.25) is 0 Å². The highest BCUT2D eigenvalue weighted by atomic mass is 16.7. The van der Waals surface area contributed by atoms with Gasteiger partial charge in [-0.2, -0.15) is 0 Å². The lowest BCUT2D eigenvalue weighted by Gasteiger charge is -2.41. The quantitative estimate of drug-likeness (QED) is 0.713. The van der Waals surface area contributed by atoms with E-state index in [1.165, 1.54) is 12.1 Å². The Morgan fingerprint density at radius 2 is 1.64 bits per heavy atom. The van der Waals surface area contributed by atoms with Gasteiger partial charge in [-0.25, -0.2) is 4.79 Å². The van der Waals surface area contributed by atoms with Gasteiger partial charge in [0.1, 0.15) is 0 Å². The van der Waals surface area contributed by atoms with Crippen LogP contribution in [0.5, 0.6) is 0 Å². The standard InChI is InChI=1S/C17H17N3O5/c1-18-8-11(9-18)19-7-10(6-14(19)21)17(24)25-20-15(22)12-4-2-3-5-13(12)16(20)23/h2-5,10-11H,6-9H2,1H3. The van der Waals surface area contributed by atoms with Crippen molar-refractivity contribution < 1.29 is 24.0 Å². The van der Waals surface area contributed by atoms with Gasteiger partial charge in [-0.05, 0) is 19.2 Å². The van der Waals surface area contributed by atoms with E-state index in [2.05, 4.69) is 4.90 Å². The molecule has 3 amide bonds. The first kappa shape index (κ1) is 15.8. The van der Waals surface area contributed by atoms with E-state index in [1.807, 2.05) is 7.05 Å². The SMILES string of the molecule is CN1CC(N2CC(C(=O)ON3C(=O)c4ccccc4C3=O)CC2=O)C1. The van der Waals surface area contributed by atoms with E-state index < -0.39 is 23.7 Å². The monoisotopic (exact) mass is 343 g/mol. The van der Waals surface area contributed by atoms with E-state index >= 15 is 0 Å². The van der Waals surface area contributed by atoms with Crippen LogP contribution < -0.4 is 0 Å². The molecule has 0 bridgehead atoms. The third kappa shape index (κ3) is 2.49. The van der Waals surface area contributed by atoms with Crippen molar-refractivity contribution in [3.8, 4) is 0 Å². The number of amides is 3. The van der Waals surface area contributed by atoms with Crippen molar-refractivity contribution in [1.82, 2.24) is 14.9 Å². The molecule has 3 aliphatic rings. The van der Waals surface area contributed by atoms with Crippen LogP contribution in [0.15, 0.2) is 24.3 Å². The highest BCUT2D eigenvalue weighted by molar-refractivity contribution is 6.20. The van der Waals surface area contributed by atoms with Gasteiger partial charge in [-0.15, -0.1) is 0 Å². The number of hydrogen-bond donors (Lipinski definition) is 0. The number of hydroxylamine groups is 2. The van der Waals surface area contributed by atoms with Gasteiger partial charge in [0.2, 0.25) is 5.91 Å². The minimum absolute atomic E-state index is 0.0439. The topological polar surface area (TPSA) is 87.2 Å². The number of nitrogens with zero attached hydrogens (tertiary/aromatic N) is 3. The zero-order valence-corrected chi connectivity index (χ0v) is 13.7. The predicted molar refractivity (Wildman–Crippen MR) is 84.1 cm³/mol. The summed E-state index contributed by atoms with van der Waals surface area (Å²) in [5.74, 6) is -2.80. The average Bonchev–Trinajstić information content (AvgIpc) is 3.06. The summed E-state index contributed by atoms with van der Waals surface area (Å²) in [7, 11) is 1.96. The second-order valence-electron chi connectivity index (χ2n) is 6.68. The summed E-state index contributed by atoms with van der Waals surface area (Å²) in [6, 6.07) is 6.42. The summed E-state index contributed by atoms with van der Waals surface area (Å²) in [5, 5.41) is 0.497. The summed E-state index contributed by atoms with van der Waals surface area (Å²) in [6.45, 7) is 1.83. The summed E-state index contributed by atoms with van der Waals surface area (Å²) in [6.07, 6.45) is 0.0439. The van der Waals surface area contributed by atoms with Gasteiger partial charge in [0.05, 0.1) is 23.1 Å². The Labute approximate surface area is 143 Å². The summed E-state index contributed by atoms with van der Waals surface area (Å²) < 4.78 is 0. The molecule has 0 N–H and O–H groups in total. The molecule has 130 valence electrons. The van der Waals surface area contributed by atoms with Crippen molar-refractivity contribution in [3.63, 3.8) is 0 Å². The van der Waals surface area contributed by atoms with Gasteiger partial charge >= 0.3 is 5.97 Å². The van der Waals surface area contributed by atoms with Crippen molar-refractivity contribution in [1.29, 1.82) is 0 Å². The fourth-order valence-corrected chi connectivity index (χ4v) is 3.52. The normalized spacial score (nSPS) is 23.9. The van der Waals surface area contributed by atoms with E-state index in [4.69, 9.17) is 4.84 Å². The molecule has 1 aromatic carbocycles. The van der Waals surface area contributed by atoms with Crippen molar-refractivity contribution in [2.75, 3.05) is 26.7 Å². The first-order valence-electron chi connectivity index (χ1n) is 8.13. The molecule has 0 spiro atoms. The molecule has 1 aromatic rings. The van der Waals surface area contributed by atoms with Crippen molar-refractivity contribution in [3.05, 3.63) is 35.4 Å². The third-order valence-corrected chi connectivity index (χ3v) is 4.92. The molecule has 8 nitrogen and oxygen atoms in total. The van der Waals surface area contributed by atoms with E-state index in [1.54, 1.807) is 17.0 Å². The van der Waals surface area contributed by atoms with Gasteiger partial charge in [0.25, 0.3) is 11.8 Å². The first-order valence-corrected chi connectivity index (χ1v) is 8.13. The van der Waals surface area contributed by atoms with Gasteiger partial charge in [0.15, 0.2) is 0 Å². The number of likely N-dealkylation sites (N-methyl/N-ethyl adjacent to an activating group) is 1. The lowest BCUT2D eigenvalue weighted by molar-refractivity contribution is -0.173. The predicted octanol–water partition coefficient (Wildman–Crippen LogP) is -0.0967. The number of benzene rings is 1. The van der Waals surface area contributed by atoms with Crippen molar-refractivity contribution in [2.24, 2.45) is 5.92 Å². The van der Waals surface area contributed by atoms with E-state index in [-0.39, 0.29) is 36.0 Å². The highest BCUT2D eigenvalue weighted by Gasteiger charge is 2.45. The summed E-state index contributed by atoms with van der Waals surface area (Å²) >= 11 is 0. The number of hydrogen-bond acceptors (Lipinski definition) is 6. The number of likely N-dealkylation sites (tertiary alicyclic amines) is 2. The van der Waals surface area contributed by atoms with Crippen molar-refractivity contribution >= 4 is 23.7 Å². The molecule has 1 atom stereocenters. The molecular formula is C17H17N3O5. The smallest absolute Gasteiger partial charge is 0.336 e. The second kappa shape index (κ2) is 5.66. The molecule has 0 aliphatic carbocycles. The van der Waals surface area contributed by atoms with Crippen LogP contribution in [-0.2, 0) is 14.4 Å². The van der Waals surface area contributed by atoms with Crippen LogP contribution in [0.1, 0.15) is 27.1 Å². The zero-order valence-electron chi connectivity index (χ0n) is 13.7. The van der Waals surface area contributed by atoms with Crippen LogP contribution >= 0.6 is 0 Å².